The van der Waals surface area contributed by atoms with Crippen LogP contribution < -0.4 is 4.90 Å². The summed E-state index contributed by atoms with van der Waals surface area (Å²) in [5.41, 5.74) is 2.31. The molecule has 1 aliphatic heterocycles. The summed E-state index contributed by atoms with van der Waals surface area (Å²) in [7, 11) is 0. The fourth-order valence-electron chi connectivity index (χ4n) is 1.98. The van der Waals surface area contributed by atoms with Crippen molar-refractivity contribution in [3.63, 3.8) is 0 Å². The van der Waals surface area contributed by atoms with Crippen molar-refractivity contribution < 1.29 is 0 Å². The Balaban J connectivity index is 2.19. The number of hydrogen-bond acceptors (Lipinski definition) is 2. The third-order valence-corrected chi connectivity index (χ3v) is 2.92. The van der Waals surface area contributed by atoms with Crippen molar-refractivity contribution in [2.45, 2.75) is 26.2 Å². The quantitative estimate of drug-likeness (QED) is 0.732. The van der Waals surface area contributed by atoms with E-state index in [2.05, 4.69) is 22.5 Å². The van der Waals surface area contributed by atoms with Crippen LogP contribution in [0.4, 0.5) is 5.82 Å². The minimum absolute atomic E-state index is 1.11. The Morgan fingerprint density at radius 1 is 1.33 bits per heavy atom. The van der Waals surface area contributed by atoms with Crippen LogP contribution >= 0.6 is 0 Å². The number of piperidine rings is 1. The lowest BCUT2D eigenvalue weighted by atomic mass is 10.1. The van der Waals surface area contributed by atoms with E-state index in [4.69, 9.17) is 0 Å². The van der Waals surface area contributed by atoms with E-state index in [-0.39, 0.29) is 0 Å². The lowest BCUT2D eigenvalue weighted by Gasteiger charge is -2.27. The molecule has 0 amide bonds. The maximum Gasteiger partial charge on any atom is 0.129 e. The smallest absolute Gasteiger partial charge is 0.129 e. The zero-order valence-electron chi connectivity index (χ0n) is 9.37. The van der Waals surface area contributed by atoms with E-state index < -0.39 is 0 Å². The second kappa shape index (κ2) is 4.47. The van der Waals surface area contributed by atoms with E-state index in [1.54, 1.807) is 0 Å². The van der Waals surface area contributed by atoms with Crippen LogP contribution in [0.5, 0.6) is 0 Å². The molecule has 0 radical (unpaired) electrons. The minimum Gasteiger partial charge on any atom is -0.357 e. The number of rotatable bonds is 2. The molecule has 2 nitrogen and oxygen atoms in total. The zero-order valence-corrected chi connectivity index (χ0v) is 9.37. The molecule has 2 heteroatoms. The Hall–Kier alpha value is -1.31. The van der Waals surface area contributed by atoms with E-state index in [1.165, 1.54) is 24.8 Å². The summed E-state index contributed by atoms with van der Waals surface area (Å²) in [5, 5.41) is 0. The molecule has 2 heterocycles. The molecule has 1 fully saturated rings. The summed E-state index contributed by atoms with van der Waals surface area (Å²) in [5.74, 6) is 1.11. The summed E-state index contributed by atoms with van der Waals surface area (Å²) in [6, 6.07) is 4.17. The predicted molar refractivity (Wildman–Crippen MR) is 65.0 cm³/mol. The Morgan fingerprint density at radius 3 is 2.73 bits per heavy atom. The molecule has 0 atom stereocenters. The Labute approximate surface area is 91.6 Å². The average molecular weight is 202 g/mol. The van der Waals surface area contributed by atoms with Gasteiger partial charge >= 0.3 is 0 Å². The molecule has 0 bridgehead atoms. The highest BCUT2D eigenvalue weighted by molar-refractivity contribution is 5.64. The first-order valence-electron chi connectivity index (χ1n) is 5.64. The third kappa shape index (κ3) is 2.38. The molecule has 15 heavy (non-hydrogen) atoms. The van der Waals surface area contributed by atoms with Crippen LogP contribution in [0.3, 0.4) is 0 Å². The van der Waals surface area contributed by atoms with Gasteiger partial charge in [-0.25, -0.2) is 4.98 Å². The van der Waals surface area contributed by atoms with Crippen LogP contribution in [0.1, 0.15) is 31.7 Å². The summed E-state index contributed by atoms with van der Waals surface area (Å²) in [6.45, 7) is 8.29. The largest absolute Gasteiger partial charge is 0.357 e. The molecular formula is C13H18N2. The molecule has 80 valence electrons. The van der Waals surface area contributed by atoms with E-state index in [9.17, 15) is 0 Å². The van der Waals surface area contributed by atoms with Gasteiger partial charge in [-0.2, -0.15) is 0 Å². The SMILES string of the molecule is C=C(C)c1ccnc(N2CCCCC2)c1. The lowest BCUT2D eigenvalue weighted by Crippen LogP contribution is -2.30. The van der Waals surface area contributed by atoms with Gasteiger partial charge in [0.25, 0.3) is 0 Å². The molecule has 0 spiro atoms. The Morgan fingerprint density at radius 2 is 2.07 bits per heavy atom. The maximum absolute atomic E-state index is 4.43. The summed E-state index contributed by atoms with van der Waals surface area (Å²) >= 11 is 0. The Kier molecular flexibility index (Phi) is 3.05. The summed E-state index contributed by atoms with van der Waals surface area (Å²) in [4.78, 5) is 6.80. The number of pyridine rings is 1. The molecule has 1 aliphatic rings. The molecule has 2 rings (SSSR count). The van der Waals surface area contributed by atoms with Crippen molar-refractivity contribution >= 4 is 11.4 Å². The van der Waals surface area contributed by atoms with Gasteiger partial charge in [0.15, 0.2) is 0 Å². The van der Waals surface area contributed by atoms with Gasteiger partial charge < -0.3 is 4.90 Å². The molecule has 0 aromatic carbocycles. The maximum atomic E-state index is 4.43. The highest BCUT2D eigenvalue weighted by atomic mass is 15.2. The summed E-state index contributed by atoms with van der Waals surface area (Å²) in [6.07, 6.45) is 5.82. The average Bonchev–Trinajstić information content (AvgIpc) is 2.30. The van der Waals surface area contributed by atoms with Gasteiger partial charge in [-0.05, 0) is 43.9 Å². The van der Waals surface area contributed by atoms with Crippen LogP contribution in [0.2, 0.25) is 0 Å². The van der Waals surface area contributed by atoms with Crippen LogP contribution in [0, 0.1) is 0 Å². The van der Waals surface area contributed by atoms with Gasteiger partial charge in [-0.3, -0.25) is 0 Å². The van der Waals surface area contributed by atoms with Gasteiger partial charge in [0.1, 0.15) is 5.82 Å². The topological polar surface area (TPSA) is 16.1 Å². The van der Waals surface area contributed by atoms with Crippen LogP contribution in [0.25, 0.3) is 5.57 Å². The molecular weight excluding hydrogens is 184 g/mol. The van der Waals surface area contributed by atoms with Crippen molar-refractivity contribution in [1.82, 2.24) is 4.98 Å². The second-order valence-corrected chi connectivity index (χ2v) is 4.23. The fourth-order valence-corrected chi connectivity index (χ4v) is 1.98. The second-order valence-electron chi connectivity index (χ2n) is 4.23. The monoisotopic (exact) mass is 202 g/mol. The highest BCUT2D eigenvalue weighted by Gasteiger charge is 2.11. The molecule has 1 saturated heterocycles. The van der Waals surface area contributed by atoms with Crippen molar-refractivity contribution in [3.8, 4) is 0 Å². The van der Waals surface area contributed by atoms with Gasteiger partial charge in [0.2, 0.25) is 0 Å². The lowest BCUT2D eigenvalue weighted by molar-refractivity contribution is 0.573. The number of aromatic nitrogens is 1. The molecule has 0 N–H and O–H groups in total. The van der Waals surface area contributed by atoms with Gasteiger partial charge in [-0.15, -0.1) is 0 Å². The number of nitrogens with zero attached hydrogens (tertiary/aromatic N) is 2. The van der Waals surface area contributed by atoms with Crippen LogP contribution in [-0.4, -0.2) is 18.1 Å². The van der Waals surface area contributed by atoms with Gasteiger partial charge in [0, 0.05) is 19.3 Å². The predicted octanol–water partition coefficient (Wildman–Crippen LogP) is 3.11. The number of anilines is 1. The van der Waals surface area contributed by atoms with E-state index >= 15 is 0 Å². The van der Waals surface area contributed by atoms with Gasteiger partial charge in [-0.1, -0.05) is 12.2 Å². The van der Waals surface area contributed by atoms with Crippen molar-refractivity contribution in [2.24, 2.45) is 0 Å². The minimum atomic E-state index is 1.11. The van der Waals surface area contributed by atoms with Gasteiger partial charge in [0.05, 0.1) is 0 Å². The normalized spacial score (nSPS) is 16.5. The molecule has 0 unspecified atom stereocenters. The van der Waals surface area contributed by atoms with E-state index in [0.717, 1.165) is 24.5 Å². The summed E-state index contributed by atoms with van der Waals surface area (Å²) < 4.78 is 0. The van der Waals surface area contributed by atoms with E-state index in [1.807, 2.05) is 19.2 Å². The molecule has 0 aliphatic carbocycles. The third-order valence-electron chi connectivity index (χ3n) is 2.92. The Bertz CT molecular complexity index is 351. The van der Waals surface area contributed by atoms with Crippen LogP contribution in [0.15, 0.2) is 24.9 Å². The van der Waals surface area contributed by atoms with Crippen molar-refractivity contribution in [3.05, 3.63) is 30.5 Å². The number of allylic oxidation sites excluding steroid dienone is 1. The highest BCUT2D eigenvalue weighted by Crippen LogP contribution is 2.20. The molecule has 1 aromatic heterocycles. The first-order chi connectivity index (χ1) is 7.27. The zero-order chi connectivity index (χ0) is 10.7. The number of hydrogen-bond donors (Lipinski definition) is 0. The molecule has 1 aromatic rings. The molecule has 0 saturated carbocycles. The first kappa shape index (κ1) is 10.2. The van der Waals surface area contributed by atoms with Crippen molar-refractivity contribution in [1.29, 1.82) is 0 Å². The standard InChI is InChI=1S/C13H18N2/c1-11(2)12-6-7-14-13(10-12)15-8-4-3-5-9-15/h6-7,10H,1,3-5,8-9H2,2H3. The first-order valence-corrected chi connectivity index (χ1v) is 5.64. The fraction of sp³-hybridized carbons (Fsp3) is 0.462. The van der Waals surface area contributed by atoms with Crippen molar-refractivity contribution in [2.75, 3.05) is 18.0 Å². The van der Waals surface area contributed by atoms with Crippen LogP contribution in [-0.2, 0) is 0 Å². The van der Waals surface area contributed by atoms with E-state index in [0.29, 0.717) is 0 Å².